The molecule has 0 radical (unpaired) electrons. The van der Waals surface area contributed by atoms with Crippen LogP contribution in [0.25, 0.3) is 0 Å². The van der Waals surface area contributed by atoms with E-state index in [1.165, 1.54) is 6.07 Å². The van der Waals surface area contributed by atoms with Gasteiger partial charge in [-0.05, 0) is 42.0 Å². The molecule has 2 rings (SSSR count). The van der Waals surface area contributed by atoms with Gasteiger partial charge in [0.1, 0.15) is 9.84 Å². The number of sulfone groups is 1. The summed E-state index contributed by atoms with van der Waals surface area (Å²) in [6, 6.07) is 3.15. The Morgan fingerprint density at radius 2 is 1.92 bits per heavy atom. The minimum atomic E-state index is -4.54. The normalized spacial score (nSPS) is 16.7. The number of rotatable bonds is 6. The Morgan fingerprint density at radius 3 is 2.38 bits per heavy atom. The van der Waals surface area contributed by atoms with E-state index >= 15 is 0 Å². The van der Waals surface area contributed by atoms with E-state index in [2.05, 4.69) is 5.32 Å². The maximum absolute atomic E-state index is 12.9. The molecule has 9 heteroatoms. The number of anilines is 1. The van der Waals surface area contributed by atoms with Crippen molar-refractivity contribution in [2.24, 2.45) is 11.1 Å². The molecule has 1 aliphatic rings. The number of hydrogen-bond donors (Lipinski definition) is 2. The molecule has 1 aromatic carbocycles. The van der Waals surface area contributed by atoms with Crippen molar-refractivity contribution in [2.45, 2.75) is 32.0 Å². The minimum absolute atomic E-state index is 0.00503. The smallest absolute Gasteiger partial charge is 0.326 e. The number of benzene rings is 1. The first-order chi connectivity index (χ1) is 10.9. The second kappa shape index (κ2) is 6.36. The molecule has 0 spiro atoms. The topological polar surface area (TPSA) is 89.3 Å². The first kappa shape index (κ1) is 18.7. The molecule has 0 saturated heterocycles. The number of carbonyl (C=O) groups is 1. The third kappa shape index (κ3) is 5.20. The van der Waals surface area contributed by atoms with Crippen molar-refractivity contribution in [1.29, 1.82) is 0 Å². The molecule has 0 heterocycles. The van der Waals surface area contributed by atoms with Gasteiger partial charge in [0.2, 0.25) is 5.91 Å². The number of alkyl halides is 3. The SMILES string of the molecule is CS(=O)(=O)CC1(CC(=O)Nc2cc(CN)cc(C(F)(F)F)c2)CC1. The van der Waals surface area contributed by atoms with Gasteiger partial charge in [0.05, 0.1) is 11.3 Å². The third-order valence-electron chi connectivity index (χ3n) is 3.90. The zero-order valence-corrected chi connectivity index (χ0v) is 13.9. The maximum Gasteiger partial charge on any atom is 0.416 e. The molecule has 0 aromatic heterocycles. The number of nitrogens with one attached hydrogen (secondary N) is 1. The van der Waals surface area contributed by atoms with Gasteiger partial charge in [-0.1, -0.05) is 0 Å². The molecule has 1 aliphatic carbocycles. The van der Waals surface area contributed by atoms with E-state index in [0.717, 1.165) is 18.4 Å². The highest BCUT2D eigenvalue weighted by molar-refractivity contribution is 7.90. The lowest BCUT2D eigenvalue weighted by Crippen LogP contribution is -2.23. The first-order valence-electron chi connectivity index (χ1n) is 7.31. The fraction of sp³-hybridized carbons (Fsp3) is 0.533. The van der Waals surface area contributed by atoms with Gasteiger partial charge in [0, 0.05) is 24.9 Å². The molecule has 0 bridgehead atoms. The van der Waals surface area contributed by atoms with Crippen molar-refractivity contribution in [2.75, 3.05) is 17.3 Å². The quantitative estimate of drug-likeness (QED) is 0.811. The average molecular weight is 364 g/mol. The van der Waals surface area contributed by atoms with Crippen molar-refractivity contribution in [1.82, 2.24) is 0 Å². The summed E-state index contributed by atoms with van der Waals surface area (Å²) in [5.74, 6) is -0.595. The zero-order valence-electron chi connectivity index (χ0n) is 13.1. The average Bonchev–Trinajstić information content (AvgIpc) is 3.13. The van der Waals surface area contributed by atoms with Crippen LogP contribution >= 0.6 is 0 Å². The van der Waals surface area contributed by atoms with Crippen LogP contribution in [-0.4, -0.2) is 26.3 Å². The second-order valence-electron chi connectivity index (χ2n) is 6.42. The van der Waals surface area contributed by atoms with Gasteiger partial charge in [-0.2, -0.15) is 13.2 Å². The van der Waals surface area contributed by atoms with E-state index in [4.69, 9.17) is 5.73 Å². The van der Waals surface area contributed by atoms with Gasteiger partial charge in [-0.15, -0.1) is 0 Å². The Kier molecular flexibility index (Phi) is 4.96. The Bertz CT molecular complexity index is 741. The molecule has 1 saturated carbocycles. The van der Waals surface area contributed by atoms with Crippen molar-refractivity contribution in [3.8, 4) is 0 Å². The highest BCUT2D eigenvalue weighted by Gasteiger charge is 2.46. The van der Waals surface area contributed by atoms with Crippen LogP contribution < -0.4 is 11.1 Å². The lowest BCUT2D eigenvalue weighted by atomic mass is 10.0. The fourth-order valence-electron chi connectivity index (χ4n) is 2.70. The monoisotopic (exact) mass is 364 g/mol. The van der Waals surface area contributed by atoms with Crippen molar-refractivity contribution in [3.05, 3.63) is 29.3 Å². The van der Waals surface area contributed by atoms with Crippen LogP contribution in [0.4, 0.5) is 18.9 Å². The van der Waals surface area contributed by atoms with Gasteiger partial charge >= 0.3 is 6.18 Å². The van der Waals surface area contributed by atoms with Crippen LogP contribution in [0.2, 0.25) is 0 Å². The molecule has 1 amide bonds. The number of hydrogen-bond acceptors (Lipinski definition) is 4. The van der Waals surface area contributed by atoms with E-state index in [1.54, 1.807) is 0 Å². The van der Waals surface area contributed by atoms with Gasteiger partial charge < -0.3 is 11.1 Å². The van der Waals surface area contributed by atoms with Gasteiger partial charge in [0.25, 0.3) is 0 Å². The molecular formula is C15H19F3N2O3S. The fourth-order valence-corrected chi connectivity index (χ4v) is 4.20. The molecule has 1 fully saturated rings. The van der Waals surface area contributed by atoms with E-state index in [1.807, 2.05) is 0 Å². The van der Waals surface area contributed by atoms with Crippen LogP contribution in [0.3, 0.4) is 0 Å². The van der Waals surface area contributed by atoms with Crippen LogP contribution in [-0.2, 0) is 27.4 Å². The van der Waals surface area contributed by atoms with Crippen LogP contribution in [0.5, 0.6) is 0 Å². The summed E-state index contributed by atoms with van der Waals surface area (Å²) in [5, 5.41) is 2.42. The zero-order chi connectivity index (χ0) is 18.2. The van der Waals surface area contributed by atoms with E-state index in [0.29, 0.717) is 12.8 Å². The Labute approximate surface area is 138 Å². The van der Waals surface area contributed by atoms with Crippen LogP contribution in [0, 0.1) is 5.41 Å². The summed E-state index contributed by atoms with van der Waals surface area (Å²) in [6.45, 7) is -0.0925. The molecular weight excluding hydrogens is 345 g/mol. The maximum atomic E-state index is 12.9. The number of carbonyl (C=O) groups excluding carboxylic acids is 1. The second-order valence-corrected chi connectivity index (χ2v) is 8.56. The first-order valence-corrected chi connectivity index (χ1v) is 9.37. The Hall–Kier alpha value is -1.61. The lowest BCUT2D eigenvalue weighted by Gasteiger charge is -2.15. The predicted octanol–water partition coefficient (Wildman–Crippen LogP) is 2.32. The molecule has 134 valence electrons. The molecule has 1 aromatic rings. The summed E-state index contributed by atoms with van der Waals surface area (Å²) < 4.78 is 61.4. The van der Waals surface area contributed by atoms with E-state index in [-0.39, 0.29) is 30.0 Å². The number of halogens is 3. The Morgan fingerprint density at radius 1 is 1.29 bits per heavy atom. The standard InChI is InChI=1S/C15H19F3N2O3S/c1-24(22,23)9-14(2-3-14)7-13(21)20-12-5-10(8-19)4-11(6-12)15(16,17)18/h4-6H,2-3,7-9,19H2,1H3,(H,20,21). The van der Waals surface area contributed by atoms with Gasteiger partial charge in [0.15, 0.2) is 0 Å². The minimum Gasteiger partial charge on any atom is -0.326 e. The molecule has 0 atom stereocenters. The summed E-state index contributed by atoms with van der Waals surface area (Å²) in [7, 11) is -3.22. The highest BCUT2D eigenvalue weighted by Crippen LogP contribution is 2.49. The number of nitrogens with two attached hydrogens (primary N) is 1. The lowest BCUT2D eigenvalue weighted by molar-refractivity contribution is -0.137. The van der Waals surface area contributed by atoms with E-state index in [9.17, 15) is 26.4 Å². The molecule has 0 aliphatic heterocycles. The van der Waals surface area contributed by atoms with Crippen LogP contribution in [0.15, 0.2) is 18.2 Å². The predicted molar refractivity (Wildman–Crippen MR) is 84.0 cm³/mol. The molecule has 3 N–H and O–H groups in total. The molecule has 5 nitrogen and oxygen atoms in total. The summed E-state index contributed by atoms with van der Waals surface area (Å²) in [6.07, 6.45) is -2.24. The number of amides is 1. The van der Waals surface area contributed by atoms with Gasteiger partial charge in [-0.3, -0.25) is 4.79 Å². The van der Waals surface area contributed by atoms with E-state index < -0.39 is 32.9 Å². The van der Waals surface area contributed by atoms with Gasteiger partial charge in [-0.25, -0.2) is 8.42 Å². The molecule has 24 heavy (non-hydrogen) atoms. The van der Waals surface area contributed by atoms with Crippen molar-refractivity contribution >= 4 is 21.4 Å². The van der Waals surface area contributed by atoms with Crippen molar-refractivity contribution in [3.63, 3.8) is 0 Å². The highest BCUT2D eigenvalue weighted by atomic mass is 32.2. The van der Waals surface area contributed by atoms with Crippen molar-refractivity contribution < 1.29 is 26.4 Å². The summed E-state index contributed by atoms with van der Waals surface area (Å²) in [4.78, 5) is 12.1. The third-order valence-corrected chi connectivity index (χ3v) is 5.04. The van der Waals surface area contributed by atoms with Crippen LogP contribution in [0.1, 0.15) is 30.4 Å². The Balaban J connectivity index is 2.12. The largest absolute Gasteiger partial charge is 0.416 e. The molecule has 0 unspecified atom stereocenters. The summed E-state index contributed by atoms with van der Waals surface area (Å²) in [5.41, 5.74) is 4.17. The summed E-state index contributed by atoms with van der Waals surface area (Å²) >= 11 is 0.